The molecule has 0 N–H and O–H groups in total. The summed E-state index contributed by atoms with van der Waals surface area (Å²) in [6.45, 7) is 1.28. The van der Waals surface area contributed by atoms with Crippen molar-refractivity contribution in [2.24, 2.45) is 0 Å². The van der Waals surface area contributed by atoms with E-state index in [-0.39, 0.29) is 19.3 Å². The Bertz CT molecular complexity index is 250. The zero-order valence-electron chi connectivity index (χ0n) is 10.00. The van der Waals surface area contributed by atoms with Crippen molar-refractivity contribution in [2.75, 3.05) is 0 Å². The van der Waals surface area contributed by atoms with Gasteiger partial charge in [-0.2, -0.15) is 26.3 Å². The van der Waals surface area contributed by atoms with Gasteiger partial charge in [-0.15, -0.1) is 0 Å². The van der Waals surface area contributed by atoms with Gasteiger partial charge >= 0.3 is 12.4 Å². The lowest BCUT2D eigenvalue weighted by molar-refractivity contribution is -0.391. The maximum Gasteiger partial charge on any atom is 0.426 e. The molecule has 0 atom stereocenters. The van der Waals surface area contributed by atoms with E-state index in [9.17, 15) is 26.3 Å². The van der Waals surface area contributed by atoms with Crippen LogP contribution in [-0.4, -0.2) is 24.1 Å². The van der Waals surface area contributed by atoms with Crippen LogP contribution < -0.4 is 0 Å². The summed E-state index contributed by atoms with van der Waals surface area (Å²) in [6, 6.07) is 0. The minimum atomic E-state index is -5.44. The summed E-state index contributed by atoms with van der Waals surface area (Å²) in [7, 11) is 0. The highest BCUT2D eigenvalue weighted by Crippen LogP contribution is 2.50. The van der Waals surface area contributed by atoms with E-state index in [2.05, 4.69) is 4.74 Å². The van der Waals surface area contributed by atoms with Crippen LogP contribution in [0.5, 0.6) is 0 Å². The molecule has 1 nitrogen and oxygen atoms in total. The first kappa shape index (κ1) is 15.6. The fourth-order valence-corrected chi connectivity index (χ4v) is 2.28. The van der Waals surface area contributed by atoms with Crippen molar-refractivity contribution in [2.45, 2.75) is 69.5 Å². The fourth-order valence-electron chi connectivity index (χ4n) is 2.28. The lowest BCUT2D eigenvalue weighted by Gasteiger charge is -2.39. The molecule has 18 heavy (non-hydrogen) atoms. The van der Waals surface area contributed by atoms with Crippen LogP contribution in [0, 0.1) is 0 Å². The normalized spacial score (nSPS) is 19.5. The number of alkyl halides is 6. The standard InChI is InChI=1S/C11H16F6O/c1-2-7-9(10(12,13)14,11(15,16)17)18-8-5-3-4-6-8/h8H,2-7H2,1H3. The van der Waals surface area contributed by atoms with Crippen LogP contribution in [0.25, 0.3) is 0 Å². The molecular weight excluding hydrogens is 262 g/mol. The highest BCUT2D eigenvalue weighted by Gasteiger charge is 2.72. The van der Waals surface area contributed by atoms with Crippen molar-refractivity contribution >= 4 is 0 Å². The number of halogens is 6. The average Bonchev–Trinajstić information content (AvgIpc) is 2.65. The molecule has 0 aliphatic heterocycles. The first-order chi connectivity index (χ1) is 8.14. The zero-order chi connectivity index (χ0) is 14.0. The SMILES string of the molecule is CCCC(OC1CCCC1)(C(F)(F)F)C(F)(F)F. The molecule has 1 aliphatic rings. The van der Waals surface area contributed by atoms with E-state index in [4.69, 9.17) is 0 Å². The van der Waals surface area contributed by atoms with Crippen LogP contribution in [0.15, 0.2) is 0 Å². The Morgan fingerprint density at radius 3 is 1.72 bits per heavy atom. The van der Waals surface area contributed by atoms with Crippen LogP contribution in [-0.2, 0) is 4.74 Å². The minimum Gasteiger partial charge on any atom is -0.355 e. The molecule has 0 aromatic rings. The summed E-state index contributed by atoms with van der Waals surface area (Å²) in [4.78, 5) is 0. The molecular formula is C11H16F6O. The number of rotatable bonds is 4. The van der Waals surface area contributed by atoms with Gasteiger partial charge in [0, 0.05) is 0 Å². The lowest BCUT2D eigenvalue weighted by Crippen LogP contribution is -2.59. The Morgan fingerprint density at radius 1 is 0.944 bits per heavy atom. The van der Waals surface area contributed by atoms with Gasteiger partial charge in [0.05, 0.1) is 6.10 Å². The number of hydrogen-bond donors (Lipinski definition) is 0. The largest absolute Gasteiger partial charge is 0.426 e. The third-order valence-corrected chi connectivity index (χ3v) is 3.19. The molecule has 1 fully saturated rings. The number of hydrogen-bond acceptors (Lipinski definition) is 1. The van der Waals surface area contributed by atoms with Crippen LogP contribution in [0.4, 0.5) is 26.3 Å². The van der Waals surface area contributed by atoms with E-state index in [1.807, 2.05) is 0 Å². The van der Waals surface area contributed by atoms with Crippen LogP contribution in [0.2, 0.25) is 0 Å². The highest BCUT2D eigenvalue weighted by atomic mass is 19.4. The Kier molecular flexibility index (Phi) is 4.56. The van der Waals surface area contributed by atoms with Crippen molar-refractivity contribution in [3.63, 3.8) is 0 Å². The fraction of sp³-hybridized carbons (Fsp3) is 1.00. The third-order valence-electron chi connectivity index (χ3n) is 3.19. The van der Waals surface area contributed by atoms with Gasteiger partial charge in [0.1, 0.15) is 0 Å². The Morgan fingerprint density at radius 2 is 1.39 bits per heavy atom. The smallest absolute Gasteiger partial charge is 0.355 e. The van der Waals surface area contributed by atoms with Gasteiger partial charge in [-0.05, 0) is 19.3 Å². The topological polar surface area (TPSA) is 9.23 Å². The first-order valence-electron chi connectivity index (χ1n) is 5.95. The van der Waals surface area contributed by atoms with Crippen LogP contribution >= 0.6 is 0 Å². The molecule has 0 radical (unpaired) electrons. The minimum absolute atomic E-state index is 0.244. The number of ether oxygens (including phenoxy) is 1. The van der Waals surface area contributed by atoms with Gasteiger partial charge in [0.2, 0.25) is 0 Å². The average molecular weight is 278 g/mol. The van der Waals surface area contributed by atoms with Crippen molar-refractivity contribution in [1.82, 2.24) is 0 Å². The Labute approximate surface area is 101 Å². The van der Waals surface area contributed by atoms with E-state index in [0.717, 1.165) is 0 Å². The summed E-state index contributed by atoms with van der Waals surface area (Å²) >= 11 is 0. The molecule has 0 aromatic carbocycles. The maximum absolute atomic E-state index is 12.9. The molecule has 1 rings (SSSR count). The molecule has 0 bridgehead atoms. The molecule has 0 unspecified atom stereocenters. The molecule has 0 saturated heterocycles. The van der Waals surface area contributed by atoms with Crippen molar-refractivity contribution in [3.05, 3.63) is 0 Å². The summed E-state index contributed by atoms with van der Waals surface area (Å²) in [5.74, 6) is 0. The lowest BCUT2D eigenvalue weighted by atomic mass is 9.95. The van der Waals surface area contributed by atoms with Crippen molar-refractivity contribution < 1.29 is 31.1 Å². The highest BCUT2D eigenvalue weighted by molar-refractivity contribution is 4.97. The van der Waals surface area contributed by atoms with Gasteiger partial charge in [0.15, 0.2) is 0 Å². The van der Waals surface area contributed by atoms with E-state index >= 15 is 0 Å². The van der Waals surface area contributed by atoms with Crippen molar-refractivity contribution in [1.29, 1.82) is 0 Å². The molecule has 0 amide bonds. The predicted molar refractivity (Wildman–Crippen MR) is 53.1 cm³/mol. The molecule has 1 aliphatic carbocycles. The van der Waals surface area contributed by atoms with Gasteiger partial charge in [-0.3, -0.25) is 0 Å². The van der Waals surface area contributed by atoms with E-state index in [1.165, 1.54) is 6.92 Å². The second kappa shape index (κ2) is 5.27. The monoisotopic (exact) mass is 278 g/mol. The first-order valence-corrected chi connectivity index (χ1v) is 5.95. The van der Waals surface area contributed by atoms with Gasteiger partial charge in [-0.25, -0.2) is 0 Å². The molecule has 0 aromatic heterocycles. The summed E-state index contributed by atoms with van der Waals surface area (Å²) in [5, 5.41) is 0. The van der Waals surface area contributed by atoms with E-state index < -0.39 is 30.5 Å². The second-order valence-electron chi connectivity index (χ2n) is 4.60. The van der Waals surface area contributed by atoms with Gasteiger partial charge in [0.25, 0.3) is 5.60 Å². The summed E-state index contributed by atoms with van der Waals surface area (Å²) in [6.07, 6.45) is -11.4. The third kappa shape index (κ3) is 2.92. The molecule has 1 saturated carbocycles. The van der Waals surface area contributed by atoms with Gasteiger partial charge in [-0.1, -0.05) is 26.2 Å². The molecule has 108 valence electrons. The summed E-state index contributed by atoms with van der Waals surface area (Å²) in [5.41, 5.74) is -4.01. The zero-order valence-corrected chi connectivity index (χ0v) is 10.00. The molecule has 0 spiro atoms. The Hall–Kier alpha value is -0.460. The predicted octanol–water partition coefficient (Wildman–Crippen LogP) is 4.61. The molecule has 0 heterocycles. The summed E-state index contributed by atoms with van der Waals surface area (Å²) < 4.78 is 81.7. The van der Waals surface area contributed by atoms with E-state index in [1.54, 1.807) is 0 Å². The van der Waals surface area contributed by atoms with Crippen LogP contribution in [0.3, 0.4) is 0 Å². The second-order valence-corrected chi connectivity index (χ2v) is 4.60. The Balaban J connectivity index is 3.03. The van der Waals surface area contributed by atoms with E-state index in [0.29, 0.717) is 12.8 Å². The maximum atomic E-state index is 12.9. The van der Waals surface area contributed by atoms with Crippen LogP contribution in [0.1, 0.15) is 45.4 Å². The van der Waals surface area contributed by atoms with Gasteiger partial charge < -0.3 is 4.74 Å². The molecule has 7 heteroatoms. The quantitative estimate of drug-likeness (QED) is 0.682. The van der Waals surface area contributed by atoms with Crippen molar-refractivity contribution in [3.8, 4) is 0 Å².